The molecular formula is C8H6Br3Cl. The number of alkyl halides is 1. The number of hydrogen-bond acceptors (Lipinski definition) is 0. The third-order valence-corrected chi connectivity index (χ3v) is 4.22. The molecule has 66 valence electrons. The molecule has 0 fully saturated rings. The van der Waals surface area contributed by atoms with E-state index in [0.717, 1.165) is 19.8 Å². The van der Waals surface area contributed by atoms with Gasteiger partial charge in [-0.2, -0.15) is 0 Å². The molecule has 0 aliphatic heterocycles. The minimum Gasteiger partial charge on any atom is -0.126 e. The van der Waals surface area contributed by atoms with Crippen molar-refractivity contribution in [3.8, 4) is 0 Å². The predicted octanol–water partition coefficient (Wildman–Crippen LogP) is 4.76. The fourth-order valence-corrected chi connectivity index (χ4v) is 2.64. The summed E-state index contributed by atoms with van der Waals surface area (Å²) in [6, 6.07) is 4.09. The summed E-state index contributed by atoms with van der Waals surface area (Å²) in [6.45, 7) is 0. The van der Waals surface area contributed by atoms with Gasteiger partial charge in [0.25, 0.3) is 0 Å². The molecular weight excluding hydrogens is 371 g/mol. The summed E-state index contributed by atoms with van der Waals surface area (Å²) in [5, 5.41) is 0. The van der Waals surface area contributed by atoms with E-state index in [-0.39, 0.29) is 0 Å². The molecule has 0 radical (unpaired) electrons. The molecule has 0 amide bonds. The molecule has 0 heterocycles. The van der Waals surface area contributed by atoms with Gasteiger partial charge in [0, 0.05) is 19.3 Å². The van der Waals surface area contributed by atoms with Crippen molar-refractivity contribution in [3.63, 3.8) is 0 Å². The number of aryl methyl sites for hydroxylation is 1. The lowest BCUT2D eigenvalue weighted by molar-refractivity contribution is 1.13. The van der Waals surface area contributed by atoms with Crippen LogP contribution in [-0.4, -0.2) is 5.88 Å². The van der Waals surface area contributed by atoms with Gasteiger partial charge in [-0.1, -0.05) is 15.9 Å². The van der Waals surface area contributed by atoms with E-state index < -0.39 is 0 Å². The van der Waals surface area contributed by atoms with Gasteiger partial charge in [-0.05, 0) is 56.0 Å². The summed E-state index contributed by atoms with van der Waals surface area (Å²) in [4.78, 5) is 0. The Morgan fingerprint density at radius 3 is 2.17 bits per heavy atom. The fourth-order valence-electron chi connectivity index (χ4n) is 0.857. The highest BCUT2D eigenvalue weighted by molar-refractivity contribution is 9.13. The van der Waals surface area contributed by atoms with E-state index in [1.807, 2.05) is 6.07 Å². The Kier molecular flexibility index (Phi) is 4.58. The first-order chi connectivity index (χ1) is 5.65. The summed E-state index contributed by atoms with van der Waals surface area (Å²) < 4.78 is 3.21. The van der Waals surface area contributed by atoms with Crippen molar-refractivity contribution < 1.29 is 0 Å². The summed E-state index contributed by atoms with van der Waals surface area (Å²) in [7, 11) is 0. The number of hydrogen-bond donors (Lipinski definition) is 0. The van der Waals surface area contributed by atoms with Gasteiger partial charge in [0.1, 0.15) is 0 Å². The van der Waals surface area contributed by atoms with E-state index in [1.54, 1.807) is 0 Å². The molecule has 0 aliphatic rings. The highest BCUT2D eigenvalue weighted by Crippen LogP contribution is 2.30. The van der Waals surface area contributed by atoms with Gasteiger partial charge in [0.2, 0.25) is 0 Å². The van der Waals surface area contributed by atoms with E-state index in [2.05, 4.69) is 53.9 Å². The zero-order chi connectivity index (χ0) is 9.14. The van der Waals surface area contributed by atoms with Crippen LogP contribution >= 0.6 is 59.4 Å². The van der Waals surface area contributed by atoms with Crippen LogP contribution in [0.25, 0.3) is 0 Å². The Labute approximate surface area is 102 Å². The zero-order valence-electron chi connectivity index (χ0n) is 6.08. The van der Waals surface area contributed by atoms with Gasteiger partial charge >= 0.3 is 0 Å². The second-order valence-corrected chi connectivity index (χ2v) is 5.24. The standard InChI is InChI=1S/C8H6Br3Cl/c9-6-4-8(11)7(10)3-5(6)1-2-12/h3-4H,1-2H2. The lowest BCUT2D eigenvalue weighted by Crippen LogP contribution is -1.88. The third kappa shape index (κ3) is 2.72. The van der Waals surface area contributed by atoms with Crippen molar-refractivity contribution in [3.05, 3.63) is 31.1 Å². The first-order valence-electron chi connectivity index (χ1n) is 3.34. The minimum absolute atomic E-state index is 0.646. The molecule has 0 N–H and O–H groups in total. The zero-order valence-corrected chi connectivity index (χ0v) is 11.6. The highest BCUT2D eigenvalue weighted by Gasteiger charge is 2.03. The molecule has 4 heteroatoms. The van der Waals surface area contributed by atoms with Gasteiger partial charge in [-0.15, -0.1) is 11.6 Å². The molecule has 1 rings (SSSR count). The fraction of sp³-hybridized carbons (Fsp3) is 0.250. The van der Waals surface area contributed by atoms with Crippen LogP contribution in [0.1, 0.15) is 5.56 Å². The molecule has 0 aromatic heterocycles. The van der Waals surface area contributed by atoms with E-state index in [0.29, 0.717) is 5.88 Å². The summed E-state index contributed by atoms with van der Waals surface area (Å²) in [5.74, 6) is 0.646. The maximum absolute atomic E-state index is 5.65. The highest BCUT2D eigenvalue weighted by atomic mass is 79.9. The lowest BCUT2D eigenvalue weighted by Gasteiger charge is -2.04. The van der Waals surface area contributed by atoms with Crippen molar-refractivity contribution >= 4 is 59.4 Å². The average Bonchev–Trinajstić information content (AvgIpc) is 2.01. The van der Waals surface area contributed by atoms with Crippen molar-refractivity contribution in [2.45, 2.75) is 6.42 Å². The van der Waals surface area contributed by atoms with E-state index >= 15 is 0 Å². The monoisotopic (exact) mass is 374 g/mol. The molecule has 0 unspecified atom stereocenters. The normalized spacial score (nSPS) is 10.3. The van der Waals surface area contributed by atoms with Crippen molar-refractivity contribution in [2.24, 2.45) is 0 Å². The Bertz CT molecular complexity index is 286. The molecule has 1 aromatic rings. The summed E-state index contributed by atoms with van der Waals surface area (Å²) in [5.41, 5.74) is 1.22. The average molecular weight is 377 g/mol. The van der Waals surface area contributed by atoms with Crippen LogP contribution < -0.4 is 0 Å². The quantitative estimate of drug-likeness (QED) is 0.515. The van der Waals surface area contributed by atoms with Crippen LogP contribution in [0.5, 0.6) is 0 Å². The molecule has 0 saturated heterocycles. The van der Waals surface area contributed by atoms with Gasteiger partial charge in [-0.3, -0.25) is 0 Å². The smallest absolute Gasteiger partial charge is 0.0328 e. The first kappa shape index (κ1) is 11.0. The number of rotatable bonds is 2. The third-order valence-electron chi connectivity index (χ3n) is 1.45. The van der Waals surface area contributed by atoms with Crippen molar-refractivity contribution in [2.75, 3.05) is 5.88 Å². The van der Waals surface area contributed by atoms with Crippen LogP contribution in [0.2, 0.25) is 0 Å². The lowest BCUT2D eigenvalue weighted by atomic mass is 10.2. The Morgan fingerprint density at radius 1 is 1.00 bits per heavy atom. The maximum atomic E-state index is 5.65. The van der Waals surface area contributed by atoms with Crippen molar-refractivity contribution in [1.82, 2.24) is 0 Å². The van der Waals surface area contributed by atoms with Crippen molar-refractivity contribution in [1.29, 1.82) is 0 Å². The topological polar surface area (TPSA) is 0 Å². The van der Waals surface area contributed by atoms with Gasteiger partial charge in [0.05, 0.1) is 0 Å². The second-order valence-electron chi connectivity index (χ2n) is 2.30. The Morgan fingerprint density at radius 2 is 1.58 bits per heavy atom. The van der Waals surface area contributed by atoms with Gasteiger partial charge in [0.15, 0.2) is 0 Å². The summed E-state index contributed by atoms with van der Waals surface area (Å²) in [6.07, 6.45) is 0.883. The molecule has 0 spiro atoms. The largest absolute Gasteiger partial charge is 0.126 e. The van der Waals surface area contributed by atoms with Crippen LogP contribution in [0.3, 0.4) is 0 Å². The number of halogens is 4. The molecule has 0 saturated carbocycles. The molecule has 0 bridgehead atoms. The second kappa shape index (κ2) is 4.99. The van der Waals surface area contributed by atoms with Crippen LogP contribution in [0, 0.1) is 0 Å². The van der Waals surface area contributed by atoms with Crippen LogP contribution in [0.4, 0.5) is 0 Å². The predicted molar refractivity (Wildman–Crippen MR) is 64.0 cm³/mol. The SMILES string of the molecule is ClCCc1cc(Br)c(Br)cc1Br. The molecule has 1 aromatic carbocycles. The van der Waals surface area contributed by atoms with Crippen LogP contribution in [0.15, 0.2) is 25.6 Å². The van der Waals surface area contributed by atoms with Gasteiger partial charge in [-0.25, -0.2) is 0 Å². The molecule has 0 nitrogen and oxygen atoms in total. The molecule has 0 atom stereocenters. The van der Waals surface area contributed by atoms with Crippen LogP contribution in [-0.2, 0) is 6.42 Å². The van der Waals surface area contributed by atoms with E-state index in [4.69, 9.17) is 11.6 Å². The Hall–Kier alpha value is 0.950. The number of benzene rings is 1. The van der Waals surface area contributed by atoms with Gasteiger partial charge < -0.3 is 0 Å². The maximum Gasteiger partial charge on any atom is 0.0328 e. The first-order valence-corrected chi connectivity index (χ1v) is 6.26. The van der Waals surface area contributed by atoms with E-state index in [1.165, 1.54) is 5.56 Å². The minimum atomic E-state index is 0.646. The van der Waals surface area contributed by atoms with E-state index in [9.17, 15) is 0 Å². The Balaban J connectivity index is 3.05. The summed E-state index contributed by atoms with van der Waals surface area (Å²) >= 11 is 16.0. The molecule has 12 heavy (non-hydrogen) atoms. The molecule has 0 aliphatic carbocycles.